The van der Waals surface area contributed by atoms with Gasteiger partial charge in [0.15, 0.2) is 0 Å². The van der Waals surface area contributed by atoms with E-state index >= 15 is 0 Å². The fourth-order valence-electron chi connectivity index (χ4n) is 0.831. The first-order valence-electron chi connectivity index (χ1n) is 3.57. The van der Waals surface area contributed by atoms with Crippen LogP contribution in [-0.4, -0.2) is 11.1 Å². The molecular weight excluding hydrogens is 274 g/mol. The highest BCUT2D eigenvalue weighted by Crippen LogP contribution is 2.29. The fourth-order valence-corrected chi connectivity index (χ4v) is 1.41. The molecule has 0 amide bonds. The van der Waals surface area contributed by atoms with Gasteiger partial charge in [-0.3, -0.25) is 0 Å². The van der Waals surface area contributed by atoms with E-state index in [-0.39, 0.29) is 9.50 Å². The average Bonchev–Trinajstić information content (AvgIpc) is 2.13. The molecule has 1 aromatic rings. The van der Waals surface area contributed by atoms with E-state index in [0.717, 1.165) is 6.08 Å². The van der Waals surface area contributed by atoms with Gasteiger partial charge in [-0.15, -0.1) is 0 Å². The second-order valence-electron chi connectivity index (χ2n) is 2.44. The Morgan fingerprint density at radius 2 is 2.21 bits per heavy atom. The van der Waals surface area contributed by atoms with E-state index < -0.39 is 11.8 Å². The molecular formula is C9H5BrClFO2. The van der Waals surface area contributed by atoms with E-state index in [4.69, 9.17) is 16.7 Å². The van der Waals surface area contributed by atoms with Crippen molar-refractivity contribution in [3.05, 3.63) is 39.1 Å². The number of benzene rings is 1. The molecule has 0 bridgehead atoms. The molecule has 0 aromatic heterocycles. The third-order valence-electron chi connectivity index (χ3n) is 1.47. The van der Waals surface area contributed by atoms with Crippen molar-refractivity contribution in [3.63, 3.8) is 0 Å². The summed E-state index contributed by atoms with van der Waals surface area (Å²) in [5, 5.41) is 8.53. The highest BCUT2D eigenvalue weighted by atomic mass is 79.9. The van der Waals surface area contributed by atoms with E-state index in [0.29, 0.717) is 5.56 Å². The summed E-state index contributed by atoms with van der Waals surface area (Å²) >= 11 is 8.70. The third kappa shape index (κ3) is 2.56. The summed E-state index contributed by atoms with van der Waals surface area (Å²) in [6.07, 6.45) is 2.24. The lowest BCUT2D eigenvalue weighted by Crippen LogP contribution is -1.87. The van der Waals surface area contributed by atoms with Crippen molar-refractivity contribution in [1.82, 2.24) is 0 Å². The second-order valence-corrected chi connectivity index (χ2v) is 3.61. The monoisotopic (exact) mass is 278 g/mol. The largest absolute Gasteiger partial charge is 0.478 e. The van der Waals surface area contributed by atoms with Gasteiger partial charge in [0.2, 0.25) is 0 Å². The average molecular weight is 279 g/mol. The minimum absolute atomic E-state index is 0.131. The maximum Gasteiger partial charge on any atom is 0.328 e. The van der Waals surface area contributed by atoms with Crippen LogP contribution in [0.3, 0.4) is 0 Å². The molecule has 14 heavy (non-hydrogen) atoms. The Labute approximate surface area is 93.1 Å². The van der Waals surface area contributed by atoms with E-state index in [1.54, 1.807) is 0 Å². The lowest BCUT2D eigenvalue weighted by molar-refractivity contribution is -0.131. The molecule has 0 aliphatic heterocycles. The zero-order valence-electron chi connectivity index (χ0n) is 6.80. The lowest BCUT2D eigenvalue weighted by Gasteiger charge is -2.01. The number of carbonyl (C=O) groups is 1. The van der Waals surface area contributed by atoms with Crippen LogP contribution in [0.2, 0.25) is 5.02 Å². The van der Waals surface area contributed by atoms with E-state index in [1.807, 2.05) is 0 Å². The van der Waals surface area contributed by atoms with Gasteiger partial charge >= 0.3 is 5.97 Å². The Morgan fingerprint density at radius 3 is 2.79 bits per heavy atom. The Balaban J connectivity index is 3.12. The van der Waals surface area contributed by atoms with Gasteiger partial charge in [0.1, 0.15) is 5.82 Å². The van der Waals surface area contributed by atoms with Crippen LogP contribution in [0, 0.1) is 5.82 Å². The van der Waals surface area contributed by atoms with Gasteiger partial charge in [0, 0.05) is 6.08 Å². The van der Waals surface area contributed by atoms with Gasteiger partial charge in [0.25, 0.3) is 0 Å². The van der Waals surface area contributed by atoms with Gasteiger partial charge in [0.05, 0.1) is 9.50 Å². The zero-order chi connectivity index (χ0) is 10.7. The number of carboxylic acid groups (broad SMARTS) is 1. The predicted molar refractivity (Wildman–Crippen MR) is 55.8 cm³/mol. The molecule has 0 unspecified atom stereocenters. The highest BCUT2D eigenvalue weighted by Gasteiger charge is 2.07. The molecule has 1 N–H and O–H groups in total. The quantitative estimate of drug-likeness (QED) is 0.666. The number of rotatable bonds is 2. The smallest absolute Gasteiger partial charge is 0.328 e. The van der Waals surface area contributed by atoms with E-state index in [9.17, 15) is 9.18 Å². The van der Waals surface area contributed by atoms with Crippen LogP contribution in [0.4, 0.5) is 4.39 Å². The third-order valence-corrected chi connectivity index (χ3v) is 2.88. The molecule has 0 aliphatic carbocycles. The molecule has 2 nitrogen and oxygen atoms in total. The maximum absolute atomic E-state index is 12.9. The second kappa shape index (κ2) is 4.57. The topological polar surface area (TPSA) is 37.3 Å². The van der Waals surface area contributed by atoms with Crippen molar-refractivity contribution in [2.24, 2.45) is 0 Å². The van der Waals surface area contributed by atoms with Gasteiger partial charge in [-0.05, 0) is 33.6 Å². The Morgan fingerprint density at radius 1 is 1.57 bits per heavy atom. The van der Waals surface area contributed by atoms with Crippen LogP contribution in [0.15, 0.2) is 22.7 Å². The summed E-state index contributed by atoms with van der Waals surface area (Å²) in [6, 6.07) is 2.61. The van der Waals surface area contributed by atoms with Gasteiger partial charge in [-0.2, -0.15) is 0 Å². The first-order chi connectivity index (χ1) is 6.52. The van der Waals surface area contributed by atoms with Crippen molar-refractivity contribution in [2.45, 2.75) is 0 Å². The first kappa shape index (κ1) is 11.2. The number of aliphatic carboxylic acids is 1. The number of hydrogen-bond acceptors (Lipinski definition) is 1. The fraction of sp³-hybridized carbons (Fsp3) is 0. The molecule has 0 fully saturated rings. The predicted octanol–water partition coefficient (Wildman–Crippen LogP) is 3.34. The Hall–Kier alpha value is -0.870. The minimum Gasteiger partial charge on any atom is -0.478 e. The summed E-state index contributed by atoms with van der Waals surface area (Å²) in [7, 11) is 0. The van der Waals surface area contributed by atoms with Crippen LogP contribution in [0.25, 0.3) is 6.08 Å². The SMILES string of the molecule is O=C(O)/C=C/c1ccc(F)c(Br)c1Cl. The van der Waals surface area contributed by atoms with E-state index in [2.05, 4.69) is 15.9 Å². The lowest BCUT2D eigenvalue weighted by atomic mass is 10.2. The maximum atomic E-state index is 12.9. The van der Waals surface area contributed by atoms with Crippen LogP contribution in [0.1, 0.15) is 5.56 Å². The van der Waals surface area contributed by atoms with Crippen LogP contribution in [-0.2, 0) is 4.79 Å². The number of hydrogen-bond donors (Lipinski definition) is 1. The molecule has 5 heteroatoms. The van der Waals surface area contributed by atoms with Gasteiger partial charge < -0.3 is 5.11 Å². The van der Waals surface area contributed by atoms with Gasteiger partial charge in [-0.1, -0.05) is 17.7 Å². The summed E-state index contributed by atoms with van der Waals surface area (Å²) < 4.78 is 13.0. The Bertz CT molecular complexity index is 404. The van der Waals surface area contributed by atoms with E-state index in [1.165, 1.54) is 18.2 Å². The molecule has 0 atom stereocenters. The van der Waals surface area contributed by atoms with Crippen molar-refractivity contribution in [3.8, 4) is 0 Å². The standard InChI is InChI=1S/C9H5BrClFO2/c10-8-6(12)3-1-5(9(8)11)2-4-7(13)14/h1-4H,(H,13,14)/b4-2+. The molecule has 0 spiro atoms. The first-order valence-corrected chi connectivity index (χ1v) is 4.74. The van der Waals surface area contributed by atoms with Gasteiger partial charge in [-0.25, -0.2) is 9.18 Å². The zero-order valence-corrected chi connectivity index (χ0v) is 9.14. The summed E-state index contributed by atoms with van der Waals surface area (Å²) in [4.78, 5) is 10.2. The summed E-state index contributed by atoms with van der Waals surface area (Å²) in [6.45, 7) is 0. The van der Waals surface area contributed by atoms with Crippen LogP contribution in [0.5, 0.6) is 0 Å². The minimum atomic E-state index is -1.08. The number of carboxylic acids is 1. The molecule has 1 rings (SSSR count). The van der Waals surface area contributed by atoms with Crippen molar-refractivity contribution < 1.29 is 14.3 Å². The van der Waals surface area contributed by atoms with Crippen molar-refractivity contribution in [2.75, 3.05) is 0 Å². The number of halogens is 3. The normalized spacial score (nSPS) is 10.8. The molecule has 0 radical (unpaired) electrons. The molecule has 0 aliphatic rings. The summed E-state index contributed by atoms with van der Waals surface area (Å²) in [5.74, 6) is -1.57. The van der Waals surface area contributed by atoms with Crippen molar-refractivity contribution >= 4 is 39.6 Å². The molecule has 74 valence electrons. The molecule has 0 heterocycles. The summed E-state index contributed by atoms with van der Waals surface area (Å²) in [5.41, 5.74) is 0.447. The highest BCUT2D eigenvalue weighted by molar-refractivity contribution is 9.10. The van der Waals surface area contributed by atoms with Crippen LogP contribution >= 0.6 is 27.5 Å². The molecule has 0 saturated carbocycles. The molecule has 0 saturated heterocycles. The van der Waals surface area contributed by atoms with Crippen LogP contribution < -0.4 is 0 Å². The molecule has 1 aromatic carbocycles. The Kier molecular flexibility index (Phi) is 3.66. The van der Waals surface area contributed by atoms with Crippen molar-refractivity contribution in [1.29, 1.82) is 0 Å².